The number of fused-ring (bicyclic) bond motifs is 1. The second kappa shape index (κ2) is 6.66. The number of esters is 1. The first-order valence-corrected chi connectivity index (χ1v) is 12.6. The van der Waals surface area contributed by atoms with Crippen LogP contribution in [0.4, 0.5) is 0 Å². The van der Waals surface area contributed by atoms with Crippen molar-refractivity contribution in [3.8, 4) is 0 Å². The van der Waals surface area contributed by atoms with E-state index in [1.54, 1.807) is 6.08 Å². The van der Waals surface area contributed by atoms with Crippen molar-refractivity contribution in [2.75, 3.05) is 7.11 Å². The van der Waals surface area contributed by atoms with Crippen LogP contribution in [-0.2, 0) is 23.5 Å². The third-order valence-corrected chi connectivity index (χ3v) is 11.8. The summed E-state index contributed by atoms with van der Waals surface area (Å²) in [5.74, 6) is -1.89. The number of ether oxygens (including phenoxy) is 1. The molecule has 0 unspecified atom stereocenters. The summed E-state index contributed by atoms with van der Waals surface area (Å²) < 4.78 is 11.7. The summed E-state index contributed by atoms with van der Waals surface area (Å²) >= 11 is 0. The monoisotopic (exact) mass is 394 g/mol. The van der Waals surface area contributed by atoms with Gasteiger partial charge in [0.1, 0.15) is 0 Å². The number of hydrogen-bond acceptors (Lipinski definition) is 5. The van der Waals surface area contributed by atoms with Gasteiger partial charge in [0.15, 0.2) is 25.3 Å². The number of rotatable bonds is 3. The fraction of sp³-hybridized carbons (Fsp3) is 0.762. The fourth-order valence-corrected chi connectivity index (χ4v) is 5.48. The molecule has 0 radical (unpaired) electrons. The second-order valence-corrected chi connectivity index (χ2v) is 15.0. The molecule has 0 N–H and O–H groups in total. The maximum Gasteiger partial charge on any atom is 0.323 e. The highest BCUT2D eigenvalue weighted by Crippen LogP contribution is 2.57. The van der Waals surface area contributed by atoms with Gasteiger partial charge < -0.3 is 9.16 Å². The van der Waals surface area contributed by atoms with Gasteiger partial charge in [0.05, 0.1) is 19.1 Å². The molecule has 27 heavy (non-hydrogen) atoms. The molecule has 0 aliphatic heterocycles. The van der Waals surface area contributed by atoms with Crippen molar-refractivity contribution in [2.24, 2.45) is 22.7 Å². The third kappa shape index (κ3) is 3.14. The van der Waals surface area contributed by atoms with E-state index in [-0.39, 0.29) is 28.9 Å². The zero-order valence-corrected chi connectivity index (χ0v) is 19.1. The summed E-state index contributed by atoms with van der Waals surface area (Å²) in [6, 6.07) is 0. The van der Waals surface area contributed by atoms with Crippen LogP contribution in [0, 0.1) is 22.7 Å². The summed E-state index contributed by atoms with van der Waals surface area (Å²) in [5, 5.41) is -0.102. The van der Waals surface area contributed by atoms with Gasteiger partial charge in [-0.25, -0.2) is 0 Å². The molecule has 5 nitrogen and oxygen atoms in total. The molecule has 152 valence electrons. The summed E-state index contributed by atoms with van der Waals surface area (Å²) in [7, 11) is -1.04. The van der Waals surface area contributed by atoms with Crippen LogP contribution in [0.25, 0.3) is 0 Å². The Hall–Kier alpha value is -1.27. The number of carbonyl (C=O) groups excluding carboxylic acids is 3. The molecule has 0 saturated heterocycles. The number of allylic oxidation sites excluding steroid dienone is 1. The predicted octanol–water partition coefficient (Wildman–Crippen LogP) is 3.93. The maximum atomic E-state index is 13.4. The quantitative estimate of drug-likeness (QED) is 0.412. The lowest BCUT2D eigenvalue weighted by atomic mass is 9.47. The largest absolute Gasteiger partial charge is 0.468 e. The van der Waals surface area contributed by atoms with Gasteiger partial charge in [-0.2, -0.15) is 0 Å². The molecule has 0 amide bonds. The Morgan fingerprint density at radius 1 is 1.22 bits per heavy atom. The first kappa shape index (κ1) is 22.0. The Morgan fingerprint density at radius 3 is 2.26 bits per heavy atom. The molecule has 0 aromatic rings. The Bertz CT molecular complexity index is 685. The minimum Gasteiger partial charge on any atom is -0.468 e. The van der Waals surface area contributed by atoms with Gasteiger partial charge in [0.2, 0.25) is 0 Å². The number of Topliss-reactive ketones (excluding diaryl/α,β-unsaturated/α-hetero) is 1. The maximum absolute atomic E-state index is 13.4. The smallest absolute Gasteiger partial charge is 0.323 e. The fourth-order valence-electron chi connectivity index (χ4n) is 4.23. The van der Waals surface area contributed by atoms with E-state index in [0.29, 0.717) is 0 Å². The zero-order chi connectivity index (χ0) is 21.0. The Labute approximate surface area is 164 Å². The van der Waals surface area contributed by atoms with Crippen molar-refractivity contribution in [1.29, 1.82) is 0 Å². The van der Waals surface area contributed by atoms with E-state index in [4.69, 9.17) is 9.16 Å². The molecular weight excluding hydrogens is 360 g/mol. The van der Waals surface area contributed by atoms with Gasteiger partial charge in [-0.3, -0.25) is 14.4 Å². The van der Waals surface area contributed by atoms with Crippen molar-refractivity contribution in [3.63, 3.8) is 0 Å². The van der Waals surface area contributed by atoms with E-state index in [2.05, 4.69) is 33.9 Å². The van der Waals surface area contributed by atoms with E-state index in [9.17, 15) is 14.4 Å². The van der Waals surface area contributed by atoms with Gasteiger partial charge in [-0.1, -0.05) is 47.6 Å². The molecule has 0 aromatic heterocycles. The summed E-state index contributed by atoms with van der Waals surface area (Å²) in [5.41, 5.74) is -2.13. The number of carbonyl (C=O) groups is 3. The average molecular weight is 395 g/mol. The number of ketones is 2. The van der Waals surface area contributed by atoms with Gasteiger partial charge in [0, 0.05) is 6.42 Å². The van der Waals surface area contributed by atoms with Crippen molar-refractivity contribution in [3.05, 3.63) is 12.2 Å². The predicted molar refractivity (Wildman–Crippen MR) is 107 cm³/mol. The van der Waals surface area contributed by atoms with Crippen LogP contribution in [0.15, 0.2) is 12.2 Å². The van der Waals surface area contributed by atoms with Crippen LogP contribution < -0.4 is 0 Å². The van der Waals surface area contributed by atoms with Crippen LogP contribution in [0.3, 0.4) is 0 Å². The topological polar surface area (TPSA) is 69.7 Å². The van der Waals surface area contributed by atoms with Gasteiger partial charge in [0.25, 0.3) is 0 Å². The molecule has 0 bridgehead atoms. The van der Waals surface area contributed by atoms with E-state index >= 15 is 0 Å². The lowest BCUT2D eigenvalue weighted by Crippen LogP contribution is -2.67. The summed E-state index contributed by atoms with van der Waals surface area (Å²) in [6.07, 6.45) is 2.56. The molecule has 1 saturated carbocycles. The van der Waals surface area contributed by atoms with E-state index < -0.39 is 37.1 Å². The van der Waals surface area contributed by atoms with Crippen LogP contribution in [0.2, 0.25) is 18.1 Å². The van der Waals surface area contributed by atoms with Gasteiger partial charge in [-0.15, -0.1) is 0 Å². The third-order valence-electron chi connectivity index (χ3n) is 7.34. The lowest BCUT2D eigenvalue weighted by molar-refractivity contribution is -0.185. The molecule has 2 aliphatic carbocycles. The molecule has 0 heterocycles. The van der Waals surface area contributed by atoms with Crippen LogP contribution in [0.5, 0.6) is 0 Å². The van der Waals surface area contributed by atoms with E-state index in [1.165, 1.54) is 13.2 Å². The Kier molecular flexibility index (Phi) is 5.43. The lowest BCUT2D eigenvalue weighted by Gasteiger charge is -2.56. The summed E-state index contributed by atoms with van der Waals surface area (Å²) in [4.78, 5) is 39.5. The van der Waals surface area contributed by atoms with E-state index in [0.717, 1.165) is 0 Å². The first-order chi connectivity index (χ1) is 12.1. The number of hydrogen-bond donors (Lipinski definition) is 0. The molecule has 0 spiro atoms. The first-order valence-electron chi connectivity index (χ1n) is 9.65. The van der Waals surface area contributed by atoms with Crippen molar-refractivity contribution in [2.45, 2.75) is 72.2 Å². The van der Waals surface area contributed by atoms with Crippen LogP contribution >= 0.6 is 0 Å². The zero-order valence-electron chi connectivity index (χ0n) is 18.1. The molecule has 2 rings (SSSR count). The average Bonchev–Trinajstić information content (AvgIpc) is 2.52. The molecular formula is C21H34O5Si. The molecule has 2 aliphatic rings. The Balaban J connectivity index is 2.71. The number of methoxy groups -OCH3 is 1. The van der Waals surface area contributed by atoms with Crippen molar-refractivity contribution < 1.29 is 23.5 Å². The van der Waals surface area contributed by atoms with Crippen LogP contribution in [0.1, 0.15) is 48.0 Å². The molecule has 4 atom stereocenters. The molecule has 6 heteroatoms. The minimum absolute atomic E-state index is 0.0169. The Morgan fingerprint density at radius 2 is 1.78 bits per heavy atom. The van der Waals surface area contributed by atoms with Crippen molar-refractivity contribution in [1.82, 2.24) is 0 Å². The standard InChI is InChI=1S/C21H34O5Si/c1-13-12-15(23)21(18(24)25-7)16(26-27(8,9)19(2,3)4)11-10-14(22)17(21)20(13,5)6/h10-11,13,16-17H,12H2,1-9H3/t13-,16-,17-,21-/m1/s1. The van der Waals surface area contributed by atoms with Crippen molar-refractivity contribution >= 4 is 25.9 Å². The highest BCUT2D eigenvalue weighted by molar-refractivity contribution is 6.74. The SMILES string of the molecule is COC(=O)[C@@]12C(=O)C[C@@H](C)C(C)(C)[C@H]1C(=O)C=C[C@H]2O[Si](C)(C)C(C)(C)C. The van der Waals surface area contributed by atoms with Gasteiger partial charge >= 0.3 is 5.97 Å². The van der Waals surface area contributed by atoms with Crippen LogP contribution in [-0.4, -0.2) is 39.1 Å². The van der Waals surface area contributed by atoms with Gasteiger partial charge in [-0.05, 0) is 35.5 Å². The summed E-state index contributed by atoms with van der Waals surface area (Å²) in [6.45, 7) is 16.4. The minimum atomic E-state index is -2.31. The second-order valence-electron chi connectivity index (χ2n) is 10.2. The molecule has 1 fully saturated rings. The highest BCUT2D eigenvalue weighted by atomic mass is 28.4. The van der Waals surface area contributed by atoms with E-state index in [1.807, 2.05) is 20.8 Å². The highest BCUT2D eigenvalue weighted by Gasteiger charge is 2.69. The molecule has 0 aromatic carbocycles. The normalized spacial score (nSPS) is 33.6.